The fourth-order valence-electron chi connectivity index (χ4n) is 4.49. The van der Waals surface area contributed by atoms with Gasteiger partial charge in [0, 0.05) is 5.92 Å². The lowest BCUT2D eigenvalue weighted by Crippen LogP contribution is -2.14. The number of hydrogen-bond donors (Lipinski definition) is 0. The minimum absolute atomic E-state index is 0.204. The molecule has 0 aliphatic carbocycles. The summed E-state index contributed by atoms with van der Waals surface area (Å²) >= 11 is 0. The highest BCUT2D eigenvalue weighted by atomic mass is 16.5. The fourth-order valence-corrected chi connectivity index (χ4v) is 4.49. The van der Waals surface area contributed by atoms with Crippen molar-refractivity contribution in [1.29, 1.82) is 0 Å². The summed E-state index contributed by atoms with van der Waals surface area (Å²) in [6.07, 6.45) is 1.11. The predicted molar refractivity (Wildman–Crippen MR) is 134 cm³/mol. The van der Waals surface area contributed by atoms with Gasteiger partial charge in [0.2, 0.25) is 0 Å². The summed E-state index contributed by atoms with van der Waals surface area (Å²) in [5.41, 5.74) is 7.25. The van der Waals surface area contributed by atoms with Gasteiger partial charge in [0.1, 0.15) is 18.2 Å². The lowest BCUT2D eigenvalue weighted by Gasteiger charge is -2.17. The zero-order valence-corrected chi connectivity index (χ0v) is 19.9. The molecule has 3 heteroatoms. The van der Waals surface area contributed by atoms with Crippen LogP contribution in [0.25, 0.3) is 11.0 Å². The van der Waals surface area contributed by atoms with E-state index in [0.29, 0.717) is 12.5 Å². The molecule has 0 N–H and O–H groups in total. The van der Waals surface area contributed by atoms with Gasteiger partial charge in [0.25, 0.3) is 0 Å². The number of para-hydroxylation sites is 3. The summed E-state index contributed by atoms with van der Waals surface area (Å²) < 4.78 is 8.56. The molecule has 0 amide bonds. The lowest BCUT2D eigenvalue weighted by atomic mass is 9.96. The molecular weight excluding hydrogens is 392 g/mol. The average Bonchev–Trinajstić information content (AvgIpc) is 3.14. The van der Waals surface area contributed by atoms with E-state index < -0.39 is 0 Å². The van der Waals surface area contributed by atoms with E-state index in [2.05, 4.69) is 106 Å². The first-order valence-electron chi connectivity index (χ1n) is 11.7. The van der Waals surface area contributed by atoms with Crippen LogP contribution in [0.5, 0.6) is 5.75 Å². The van der Waals surface area contributed by atoms with Crippen molar-refractivity contribution in [2.75, 3.05) is 6.61 Å². The summed E-state index contributed by atoms with van der Waals surface area (Å²) in [6, 6.07) is 23.7. The van der Waals surface area contributed by atoms with Gasteiger partial charge in [-0.2, -0.15) is 0 Å². The second kappa shape index (κ2) is 9.60. The molecular formula is C29H34N2O. The molecule has 0 bridgehead atoms. The molecule has 0 aliphatic rings. The Bertz CT molecular complexity index is 1170. The van der Waals surface area contributed by atoms with Gasteiger partial charge in [-0.15, -0.1) is 0 Å². The Morgan fingerprint density at radius 3 is 2.22 bits per heavy atom. The summed E-state index contributed by atoms with van der Waals surface area (Å²) in [6.45, 7) is 12.4. The van der Waals surface area contributed by atoms with Crippen molar-refractivity contribution in [3.63, 3.8) is 0 Å². The van der Waals surface area contributed by atoms with Gasteiger partial charge >= 0.3 is 0 Å². The number of fused-ring (bicyclic) bond motifs is 1. The largest absolute Gasteiger partial charge is 0.491 e. The molecule has 1 aromatic heterocycles. The van der Waals surface area contributed by atoms with Crippen LogP contribution in [0.4, 0.5) is 0 Å². The smallest absolute Gasteiger partial charge is 0.125 e. The third kappa shape index (κ3) is 4.72. The number of rotatable bonds is 8. The number of aryl methyl sites for hydroxylation is 2. The first-order valence-corrected chi connectivity index (χ1v) is 11.7. The number of nitrogens with zero attached hydrogens (tertiary/aromatic N) is 2. The van der Waals surface area contributed by atoms with Gasteiger partial charge in [0.15, 0.2) is 0 Å². The maximum absolute atomic E-state index is 6.23. The fraction of sp³-hybridized carbons (Fsp3) is 0.345. The summed E-state index contributed by atoms with van der Waals surface area (Å²) in [5.74, 6) is 2.95. The third-order valence-electron chi connectivity index (χ3n) is 6.17. The van der Waals surface area contributed by atoms with Crippen molar-refractivity contribution in [2.24, 2.45) is 5.92 Å². The molecule has 0 aliphatic heterocycles. The Morgan fingerprint density at radius 2 is 1.53 bits per heavy atom. The number of ether oxygens (including phenoxy) is 1. The molecule has 1 unspecified atom stereocenters. The molecule has 0 spiro atoms. The minimum atomic E-state index is 0.204. The van der Waals surface area contributed by atoms with E-state index in [1.54, 1.807) is 0 Å². The number of hydrogen-bond acceptors (Lipinski definition) is 2. The van der Waals surface area contributed by atoms with E-state index in [1.165, 1.54) is 22.3 Å². The molecule has 3 aromatic carbocycles. The minimum Gasteiger partial charge on any atom is -0.491 e. The van der Waals surface area contributed by atoms with Crippen molar-refractivity contribution in [3.8, 4) is 5.75 Å². The standard InChI is InChI=1S/C29H34N2O/c1-20(2)19-24-13-15-25(16-14-24)23(5)29-30-26-11-6-7-12-27(26)31(29)17-18-32-28-21(3)9-8-10-22(28)4/h6-16,20,23H,17-19H2,1-5H3. The monoisotopic (exact) mass is 426 g/mol. The van der Waals surface area contributed by atoms with Crippen LogP contribution < -0.4 is 4.74 Å². The summed E-state index contributed by atoms with van der Waals surface area (Å²) in [7, 11) is 0. The first-order chi connectivity index (χ1) is 15.4. The van der Waals surface area contributed by atoms with Crippen LogP contribution >= 0.6 is 0 Å². The van der Waals surface area contributed by atoms with Crippen molar-refractivity contribution < 1.29 is 4.74 Å². The normalized spacial score (nSPS) is 12.4. The van der Waals surface area contributed by atoms with Crippen LogP contribution in [0.2, 0.25) is 0 Å². The van der Waals surface area contributed by atoms with Crippen molar-refractivity contribution in [3.05, 3.63) is 94.8 Å². The molecule has 0 fully saturated rings. The number of aromatic nitrogens is 2. The van der Waals surface area contributed by atoms with E-state index >= 15 is 0 Å². The van der Waals surface area contributed by atoms with E-state index in [-0.39, 0.29) is 5.92 Å². The van der Waals surface area contributed by atoms with E-state index in [4.69, 9.17) is 9.72 Å². The molecule has 0 saturated heterocycles. The highest BCUT2D eigenvalue weighted by Crippen LogP contribution is 2.28. The van der Waals surface area contributed by atoms with Crippen molar-refractivity contribution in [1.82, 2.24) is 9.55 Å². The molecule has 32 heavy (non-hydrogen) atoms. The topological polar surface area (TPSA) is 27.1 Å². The Hall–Kier alpha value is -3.07. The average molecular weight is 427 g/mol. The van der Waals surface area contributed by atoms with Gasteiger partial charge in [-0.25, -0.2) is 4.98 Å². The second-order valence-corrected chi connectivity index (χ2v) is 9.24. The molecule has 1 atom stereocenters. The lowest BCUT2D eigenvalue weighted by molar-refractivity contribution is 0.294. The van der Waals surface area contributed by atoms with E-state index in [1.807, 2.05) is 0 Å². The zero-order valence-electron chi connectivity index (χ0n) is 19.9. The van der Waals surface area contributed by atoms with Gasteiger partial charge in [0.05, 0.1) is 17.6 Å². The molecule has 4 aromatic rings. The number of imidazole rings is 1. The van der Waals surface area contributed by atoms with Crippen LogP contribution in [0.3, 0.4) is 0 Å². The van der Waals surface area contributed by atoms with Crippen LogP contribution in [0.15, 0.2) is 66.7 Å². The third-order valence-corrected chi connectivity index (χ3v) is 6.17. The number of benzene rings is 3. The van der Waals surface area contributed by atoms with Crippen molar-refractivity contribution >= 4 is 11.0 Å². The molecule has 0 saturated carbocycles. The molecule has 1 heterocycles. The SMILES string of the molecule is Cc1cccc(C)c1OCCn1c(C(C)c2ccc(CC(C)C)cc2)nc2ccccc21. The Kier molecular flexibility index (Phi) is 6.64. The highest BCUT2D eigenvalue weighted by Gasteiger charge is 2.18. The van der Waals surface area contributed by atoms with Crippen LogP contribution in [0.1, 0.15) is 54.8 Å². The Morgan fingerprint density at radius 1 is 0.844 bits per heavy atom. The van der Waals surface area contributed by atoms with Gasteiger partial charge in [-0.3, -0.25) is 0 Å². The van der Waals surface area contributed by atoms with Crippen molar-refractivity contribution in [2.45, 2.75) is 53.5 Å². The zero-order chi connectivity index (χ0) is 22.7. The van der Waals surface area contributed by atoms with Gasteiger partial charge < -0.3 is 9.30 Å². The second-order valence-electron chi connectivity index (χ2n) is 9.24. The maximum Gasteiger partial charge on any atom is 0.125 e. The highest BCUT2D eigenvalue weighted by molar-refractivity contribution is 5.76. The Labute approximate surface area is 192 Å². The van der Waals surface area contributed by atoms with E-state index in [9.17, 15) is 0 Å². The van der Waals surface area contributed by atoms with Crippen LogP contribution in [-0.2, 0) is 13.0 Å². The maximum atomic E-state index is 6.23. The molecule has 3 nitrogen and oxygen atoms in total. The predicted octanol–water partition coefficient (Wildman–Crippen LogP) is 7.08. The van der Waals surface area contributed by atoms with Gasteiger partial charge in [-0.1, -0.05) is 75.4 Å². The summed E-state index contributed by atoms with van der Waals surface area (Å²) in [5, 5.41) is 0. The van der Waals surface area contributed by atoms with E-state index in [0.717, 1.165) is 35.6 Å². The molecule has 0 radical (unpaired) electrons. The summed E-state index contributed by atoms with van der Waals surface area (Å²) in [4.78, 5) is 5.03. The Balaban J connectivity index is 1.60. The van der Waals surface area contributed by atoms with Crippen LogP contribution in [-0.4, -0.2) is 16.2 Å². The quantitative estimate of drug-likeness (QED) is 0.301. The van der Waals surface area contributed by atoms with Gasteiger partial charge in [-0.05, 0) is 60.6 Å². The van der Waals surface area contributed by atoms with Crippen LogP contribution in [0, 0.1) is 19.8 Å². The molecule has 166 valence electrons. The first kappa shape index (κ1) is 22.1. The molecule has 4 rings (SSSR count).